The maximum absolute atomic E-state index is 9.40. The van der Waals surface area contributed by atoms with E-state index in [0.717, 1.165) is 33.4 Å². The Kier molecular flexibility index (Phi) is 4.18. The molecule has 138 valence electrons. The molecule has 5 nitrogen and oxygen atoms in total. The van der Waals surface area contributed by atoms with Gasteiger partial charge in [0.15, 0.2) is 0 Å². The fourth-order valence-corrected chi connectivity index (χ4v) is 3.35. The molecule has 0 bridgehead atoms. The first-order valence-corrected chi connectivity index (χ1v) is 9.29. The van der Waals surface area contributed by atoms with Gasteiger partial charge in [-0.15, -0.1) is 4.57 Å². The molecular weight excluding hydrogens is 360 g/mol. The molecule has 1 N–H and O–H groups in total. The number of hydrogen-bond acceptors (Lipinski definition) is 4. The monoisotopic (exact) mass is 377 g/mol. The number of benzene rings is 4. The van der Waals surface area contributed by atoms with Crippen LogP contribution in [0.15, 0.2) is 107 Å². The predicted molar refractivity (Wildman–Crippen MR) is 113 cm³/mol. The molecule has 0 saturated carbocycles. The number of aromatic nitrogens is 2. The minimum absolute atomic E-state index is 0.205. The van der Waals surface area contributed by atoms with Gasteiger partial charge in [0.1, 0.15) is 16.8 Å². The number of fused-ring (bicyclic) bond motifs is 2. The van der Waals surface area contributed by atoms with Gasteiger partial charge in [-0.25, -0.2) is 4.98 Å². The lowest BCUT2D eigenvalue weighted by Gasteiger charge is -2.05. The van der Waals surface area contributed by atoms with Crippen LogP contribution < -0.4 is 4.57 Å². The number of nitrogens with zero attached hydrogens (tertiary/aromatic N) is 4. The van der Waals surface area contributed by atoms with Gasteiger partial charge in [-0.1, -0.05) is 30.3 Å². The van der Waals surface area contributed by atoms with E-state index in [1.54, 1.807) is 24.3 Å². The zero-order valence-electron chi connectivity index (χ0n) is 15.5. The summed E-state index contributed by atoms with van der Waals surface area (Å²) in [6.07, 6.45) is 0. The van der Waals surface area contributed by atoms with Gasteiger partial charge >= 0.3 is 0 Å². The predicted octanol–water partition coefficient (Wildman–Crippen LogP) is 5.79. The third-order valence-electron chi connectivity index (χ3n) is 4.71. The van der Waals surface area contributed by atoms with E-state index in [-0.39, 0.29) is 5.75 Å². The Hall–Kier alpha value is -4.12. The van der Waals surface area contributed by atoms with Crippen LogP contribution in [0.4, 0.5) is 11.4 Å². The van der Waals surface area contributed by atoms with Crippen molar-refractivity contribution in [3.05, 3.63) is 97.1 Å². The molecule has 0 aliphatic rings. The van der Waals surface area contributed by atoms with Crippen molar-refractivity contribution in [3.63, 3.8) is 0 Å². The van der Waals surface area contributed by atoms with Crippen molar-refractivity contribution >= 4 is 33.4 Å². The maximum Gasteiger partial charge on any atom is 0.239 e. The molecule has 4 aromatic carbocycles. The van der Waals surface area contributed by atoms with E-state index in [1.165, 1.54) is 0 Å². The number of phenolic OH excluding ortho intramolecular Hbond substituents is 1. The van der Waals surface area contributed by atoms with Gasteiger partial charge < -0.3 is 5.11 Å². The van der Waals surface area contributed by atoms with Crippen molar-refractivity contribution in [2.24, 2.45) is 10.2 Å². The van der Waals surface area contributed by atoms with Gasteiger partial charge in [0, 0.05) is 24.3 Å². The lowest BCUT2D eigenvalue weighted by Crippen LogP contribution is -2.33. The van der Waals surface area contributed by atoms with Gasteiger partial charge in [-0.2, -0.15) is 10.2 Å². The Morgan fingerprint density at radius 3 is 2.10 bits per heavy atom. The van der Waals surface area contributed by atoms with Crippen LogP contribution in [0.2, 0.25) is 0 Å². The number of para-hydroxylation sites is 3. The van der Waals surface area contributed by atoms with E-state index in [1.807, 2.05) is 54.6 Å². The molecule has 0 radical (unpaired) electrons. The summed E-state index contributed by atoms with van der Waals surface area (Å²) in [5.74, 6) is 0.205. The Morgan fingerprint density at radius 1 is 0.621 bits per heavy atom. The van der Waals surface area contributed by atoms with Crippen LogP contribution >= 0.6 is 0 Å². The minimum Gasteiger partial charge on any atom is -0.508 e. The number of phenols is 1. The van der Waals surface area contributed by atoms with Crippen LogP contribution in [-0.4, -0.2) is 10.1 Å². The van der Waals surface area contributed by atoms with E-state index < -0.39 is 0 Å². The van der Waals surface area contributed by atoms with Crippen LogP contribution in [-0.2, 0) is 0 Å². The standard InChI is InChI=1S/C24H16N4O/c29-20-13-10-17(11-14-20)26-27-18-12-15-22-24(16-18)28(19-6-2-1-3-7-19)23-9-5-4-8-21(23)25-22/h1-16H/p+1. The van der Waals surface area contributed by atoms with Gasteiger partial charge in [0.25, 0.3) is 0 Å². The topological polar surface area (TPSA) is 61.7 Å². The highest BCUT2D eigenvalue weighted by atomic mass is 16.3. The molecule has 0 atom stereocenters. The minimum atomic E-state index is 0.205. The van der Waals surface area contributed by atoms with Crippen molar-refractivity contribution in [1.82, 2.24) is 4.98 Å². The smallest absolute Gasteiger partial charge is 0.239 e. The summed E-state index contributed by atoms with van der Waals surface area (Å²) in [4.78, 5) is 4.81. The number of azo groups is 1. The second-order valence-corrected chi connectivity index (χ2v) is 6.66. The van der Waals surface area contributed by atoms with E-state index in [9.17, 15) is 5.11 Å². The highest BCUT2D eigenvalue weighted by molar-refractivity contribution is 5.83. The lowest BCUT2D eigenvalue weighted by atomic mass is 10.2. The SMILES string of the molecule is Oc1ccc(N=Nc2ccc3nc4ccccc4[n+](-c4ccccc4)c3c2)cc1. The van der Waals surface area contributed by atoms with E-state index in [0.29, 0.717) is 5.69 Å². The normalized spacial score (nSPS) is 11.4. The first kappa shape index (κ1) is 17.0. The highest BCUT2D eigenvalue weighted by Gasteiger charge is 2.19. The molecule has 5 heteroatoms. The average molecular weight is 377 g/mol. The van der Waals surface area contributed by atoms with Crippen molar-refractivity contribution in [2.75, 3.05) is 0 Å². The van der Waals surface area contributed by atoms with Crippen molar-refractivity contribution < 1.29 is 9.67 Å². The molecule has 0 aliphatic heterocycles. The van der Waals surface area contributed by atoms with E-state index in [4.69, 9.17) is 4.98 Å². The summed E-state index contributed by atoms with van der Waals surface area (Å²) in [7, 11) is 0. The number of rotatable bonds is 3. The summed E-state index contributed by atoms with van der Waals surface area (Å²) < 4.78 is 2.19. The van der Waals surface area contributed by atoms with Crippen molar-refractivity contribution in [1.29, 1.82) is 0 Å². The van der Waals surface area contributed by atoms with Gasteiger partial charge in [-0.05, 0) is 42.5 Å². The van der Waals surface area contributed by atoms with E-state index >= 15 is 0 Å². The maximum atomic E-state index is 9.40. The Bertz CT molecular complexity index is 1350. The Balaban J connectivity index is 1.70. The molecule has 0 amide bonds. The van der Waals surface area contributed by atoms with Gasteiger partial charge in [-0.3, -0.25) is 0 Å². The molecule has 1 heterocycles. The molecule has 5 rings (SSSR count). The molecule has 0 fully saturated rings. The van der Waals surface area contributed by atoms with Gasteiger partial charge in [0.2, 0.25) is 16.7 Å². The zero-order valence-corrected chi connectivity index (χ0v) is 15.5. The summed E-state index contributed by atoms with van der Waals surface area (Å²) in [5, 5.41) is 18.1. The summed E-state index contributed by atoms with van der Waals surface area (Å²) in [6.45, 7) is 0. The average Bonchev–Trinajstić information content (AvgIpc) is 2.77. The van der Waals surface area contributed by atoms with Crippen LogP contribution in [0.3, 0.4) is 0 Å². The molecular formula is C24H17N4O+. The molecule has 0 spiro atoms. The molecule has 29 heavy (non-hydrogen) atoms. The number of aromatic hydroxyl groups is 1. The third-order valence-corrected chi connectivity index (χ3v) is 4.71. The highest BCUT2D eigenvalue weighted by Crippen LogP contribution is 2.24. The Morgan fingerprint density at radius 2 is 1.28 bits per heavy atom. The van der Waals surface area contributed by atoms with Crippen LogP contribution in [0.25, 0.3) is 27.8 Å². The first-order chi connectivity index (χ1) is 14.3. The van der Waals surface area contributed by atoms with Crippen LogP contribution in [0, 0.1) is 0 Å². The van der Waals surface area contributed by atoms with Crippen molar-refractivity contribution in [3.8, 4) is 11.4 Å². The fraction of sp³-hybridized carbons (Fsp3) is 0. The largest absolute Gasteiger partial charge is 0.508 e. The lowest BCUT2D eigenvalue weighted by molar-refractivity contribution is -0.538. The first-order valence-electron chi connectivity index (χ1n) is 9.29. The van der Waals surface area contributed by atoms with E-state index in [2.05, 4.69) is 33.0 Å². The summed E-state index contributed by atoms with van der Waals surface area (Å²) in [6, 6.07) is 30.8. The van der Waals surface area contributed by atoms with Crippen molar-refractivity contribution in [2.45, 2.75) is 0 Å². The quantitative estimate of drug-likeness (QED) is 0.246. The Labute approximate surface area is 167 Å². The fourth-order valence-electron chi connectivity index (χ4n) is 3.35. The summed E-state index contributed by atoms with van der Waals surface area (Å²) >= 11 is 0. The molecule has 0 unspecified atom stereocenters. The molecule has 0 aliphatic carbocycles. The van der Waals surface area contributed by atoms with Crippen LogP contribution in [0.5, 0.6) is 5.75 Å². The molecule has 1 aromatic heterocycles. The molecule has 5 aromatic rings. The second-order valence-electron chi connectivity index (χ2n) is 6.66. The molecule has 0 saturated heterocycles. The van der Waals surface area contributed by atoms with Crippen LogP contribution in [0.1, 0.15) is 0 Å². The summed E-state index contributed by atoms with van der Waals surface area (Å²) in [5.41, 5.74) is 6.26. The zero-order chi connectivity index (χ0) is 19.6. The number of hydrogen-bond donors (Lipinski definition) is 1. The third kappa shape index (κ3) is 3.30. The van der Waals surface area contributed by atoms with Gasteiger partial charge in [0.05, 0.1) is 11.4 Å². The second kappa shape index (κ2) is 7.13.